The fourth-order valence-corrected chi connectivity index (χ4v) is 2.11. The lowest BCUT2D eigenvalue weighted by Crippen LogP contribution is -2.14. The van der Waals surface area contributed by atoms with Gasteiger partial charge in [-0.1, -0.05) is 12.1 Å². The third-order valence-corrected chi connectivity index (χ3v) is 3.31. The standard InChI is InChI=1S/C14H10F4N6O/c1-7-8(6-19-24(7)10-5-3-2-4-9(10)15)11(25)20-13-21-12(22-23-13)14(16,17)18/h2-6H,1H3,(H2,20,21,22,23,25). The van der Waals surface area contributed by atoms with E-state index < -0.39 is 29.7 Å². The van der Waals surface area contributed by atoms with E-state index in [2.05, 4.69) is 20.5 Å². The van der Waals surface area contributed by atoms with Crippen molar-refractivity contribution in [2.45, 2.75) is 13.1 Å². The summed E-state index contributed by atoms with van der Waals surface area (Å²) in [4.78, 5) is 15.3. The Hall–Kier alpha value is -3.24. The van der Waals surface area contributed by atoms with Crippen LogP contribution in [0.25, 0.3) is 5.69 Å². The van der Waals surface area contributed by atoms with Crippen LogP contribution >= 0.6 is 0 Å². The molecular formula is C14H10F4N6O. The van der Waals surface area contributed by atoms with Gasteiger partial charge in [0.2, 0.25) is 11.8 Å². The molecule has 0 saturated carbocycles. The molecule has 0 aliphatic heterocycles. The third kappa shape index (κ3) is 3.20. The lowest BCUT2D eigenvalue weighted by Gasteiger charge is -2.06. The molecule has 0 radical (unpaired) electrons. The maximum Gasteiger partial charge on any atom is 0.451 e. The smallest absolute Gasteiger partial charge is 0.289 e. The zero-order chi connectivity index (χ0) is 18.2. The van der Waals surface area contributed by atoms with E-state index in [1.165, 1.54) is 36.0 Å². The molecule has 0 spiro atoms. The molecule has 0 unspecified atom stereocenters. The summed E-state index contributed by atoms with van der Waals surface area (Å²) in [7, 11) is 0. The predicted octanol–water partition coefficient (Wildman–Crippen LogP) is 2.71. The number of aromatic nitrogens is 5. The van der Waals surface area contributed by atoms with Crippen molar-refractivity contribution in [2.75, 3.05) is 5.32 Å². The first-order valence-electron chi connectivity index (χ1n) is 6.88. The number of hydrogen-bond acceptors (Lipinski definition) is 4. The first-order valence-corrected chi connectivity index (χ1v) is 6.88. The van der Waals surface area contributed by atoms with Crippen LogP contribution in [0.4, 0.5) is 23.5 Å². The van der Waals surface area contributed by atoms with Gasteiger partial charge in [-0.3, -0.25) is 15.2 Å². The second kappa shape index (κ2) is 6.00. The first kappa shape index (κ1) is 16.6. The number of carbonyl (C=O) groups excluding carboxylic acids is 1. The second-order valence-electron chi connectivity index (χ2n) is 4.97. The number of rotatable bonds is 3. The molecule has 2 N–H and O–H groups in total. The van der Waals surface area contributed by atoms with E-state index in [0.717, 1.165) is 0 Å². The SMILES string of the molecule is Cc1c(C(=O)Nc2n[nH]c(C(F)(F)F)n2)cnn1-c1ccccc1F. The van der Waals surface area contributed by atoms with Crippen LogP contribution in [0.2, 0.25) is 0 Å². The largest absolute Gasteiger partial charge is 0.451 e. The van der Waals surface area contributed by atoms with Crippen molar-refractivity contribution in [2.24, 2.45) is 0 Å². The van der Waals surface area contributed by atoms with Crippen molar-refractivity contribution in [3.05, 3.63) is 53.4 Å². The van der Waals surface area contributed by atoms with Crippen molar-refractivity contribution in [1.82, 2.24) is 25.0 Å². The lowest BCUT2D eigenvalue weighted by atomic mass is 10.2. The van der Waals surface area contributed by atoms with Gasteiger partial charge in [0.15, 0.2) is 0 Å². The van der Waals surface area contributed by atoms with E-state index in [0.29, 0.717) is 5.69 Å². The number of amides is 1. The maximum absolute atomic E-state index is 13.8. The number of hydrogen-bond donors (Lipinski definition) is 2. The molecule has 0 fully saturated rings. The van der Waals surface area contributed by atoms with Gasteiger partial charge in [0, 0.05) is 0 Å². The molecule has 0 atom stereocenters. The normalized spacial score (nSPS) is 11.6. The van der Waals surface area contributed by atoms with E-state index >= 15 is 0 Å². The van der Waals surface area contributed by atoms with Crippen molar-refractivity contribution >= 4 is 11.9 Å². The molecule has 3 aromatic rings. The van der Waals surface area contributed by atoms with Crippen LogP contribution in [0.15, 0.2) is 30.5 Å². The molecule has 25 heavy (non-hydrogen) atoms. The highest BCUT2D eigenvalue weighted by molar-refractivity contribution is 6.04. The van der Waals surface area contributed by atoms with Crippen molar-refractivity contribution in [1.29, 1.82) is 0 Å². The first-order chi connectivity index (χ1) is 11.8. The van der Waals surface area contributed by atoms with Crippen molar-refractivity contribution in [3.8, 4) is 5.69 Å². The molecular weight excluding hydrogens is 344 g/mol. The summed E-state index contributed by atoms with van der Waals surface area (Å²) in [5.41, 5.74) is 0.479. The fourth-order valence-electron chi connectivity index (χ4n) is 2.11. The van der Waals surface area contributed by atoms with Crippen LogP contribution in [-0.2, 0) is 6.18 Å². The minimum atomic E-state index is -4.71. The number of para-hydroxylation sites is 1. The van der Waals surface area contributed by atoms with Crippen molar-refractivity contribution in [3.63, 3.8) is 0 Å². The van der Waals surface area contributed by atoms with Gasteiger partial charge in [0.1, 0.15) is 11.5 Å². The number of aromatic amines is 1. The number of carbonyl (C=O) groups is 1. The Labute approximate surface area is 137 Å². The van der Waals surface area contributed by atoms with Crippen LogP contribution in [0, 0.1) is 12.7 Å². The molecule has 3 rings (SSSR count). The maximum atomic E-state index is 13.8. The Morgan fingerprint density at radius 2 is 2.00 bits per heavy atom. The Balaban J connectivity index is 1.84. The van der Waals surface area contributed by atoms with Gasteiger partial charge in [0.25, 0.3) is 5.91 Å². The molecule has 130 valence electrons. The summed E-state index contributed by atoms with van der Waals surface area (Å²) in [5, 5.41) is 11.0. The van der Waals surface area contributed by atoms with E-state index in [9.17, 15) is 22.4 Å². The second-order valence-corrected chi connectivity index (χ2v) is 4.97. The summed E-state index contributed by atoms with van der Waals surface area (Å²) in [6.07, 6.45) is -3.53. The number of nitrogens with zero attached hydrogens (tertiary/aromatic N) is 4. The van der Waals surface area contributed by atoms with Crippen LogP contribution in [-0.4, -0.2) is 30.9 Å². The molecule has 1 amide bonds. The predicted molar refractivity (Wildman–Crippen MR) is 77.6 cm³/mol. The Kier molecular flexibility index (Phi) is 3.99. The molecule has 11 heteroatoms. The molecule has 0 aliphatic rings. The molecule has 1 aromatic carbocycles. The Morgan fingerprint density at radius 1 is 1.28 bits per heavy atom. The summed E-state index contributed by atoms with van der Waals surface area (Å²) in [5.74, 6) is -3.17. The van der Waals surface area contributed by atoms with Gasteiger partial charge < -0.3 is 0 Å². The molecule has 2 heterocycles. The van der Waals surface area contributed by atoms with Gasteiger partial charge >= 0.3 is 6.18 Å². The minimum absolute atomic E-state index is 0.0432. The summed E-state index contributed by atoms with van der Waals surface area (Å²) in [6.45, 7) is 1.52. The van der Waals surface area contributed by atoms with Gasteiger partial charge in [-0.2, -0.15) is 23.3 Å². The van der Waals surface area contributed by atoms with E-state index in [-0.39, 0.29) is 11.3 Å². The topological polar surface area (TPSA) is 88.5 Å². The van der Waals surface area contributed by atoms with Crippen LogP contribution < -0.4 is 5.32 Å². The number of H-pyrrole nitrogens is 1. The van der Waals surface area contributed by atoms with Crippen LogP contribution in [0.3, 0.4) is 0 Å². The van der Waals surface area contributed by atoms with Crippen molar-refractivity contribution < 1.29 is 22.4 Å². The highest BCUT2D eigenvalue weighted by atomic mass is 19.4. The molecule has 0 bridgehead atoms. The van der Waals surface area contributed by atoms with Crippen LogP contribution in [0.5, 0.6) is 0 Å². The number of halogens is 4. The third-order valence-electron chi connectivity index (χ3n) is 3.31. The van der Waals surface area contributed by atoms with Crippen LogP contribution in [0.1, 0.15) is 21.9 Å². The fraction of sp³-hybridized carbons (Fsp3) is 0.143. The molecule has 2 aromatic heterocycles. The zero-order valence-corrected chi connectivity index (χ0v) is 12.6. The lowest BCUT2D eigenvalue weighted by molar-refractivity contribution is -0.144. The van der Waals surface area contributed by atoms with E-state index in [1.54, 1.807) is 11.2 Å². The molecule has 7 nitrogen and oxygen atoms in total. The number of nitrogens with one attached hydrogen (secondary N) is 2. The quantitative estimate of drug-likeness (QED) is 0.708. The van der Waals surface area contributed by atoms with Gasteiger partial charge in [-0.05, 0) is 19.1 Å². The number of alkyl halides is 3. The Morgan fingerprint density at radius 3 is 2.64 bits per heavy atom. The molecule has 0 saturated heterocycles. The van der Waals surface area contributed by atoms with Gasteiger partial charge in [0.05, 0.1) is 17.5 Å². The highest BCUT2D eigenvalue weighted by Gasteiger charge is 2.35. The van der Waals surface area contributed by atoms with Gasteiger partial charge in [-0.25, -0.2) is 9.07 Å². The summed E-state index contributed by atoms with van der Waals surface area (Å²) >= 11 is 0. The van der Waals surface area contributed by atoms with E-state index in [1.807, 2.05) is 0 Å². The van der Waals surface area contributed by atoms with E-state index in [4.69, 9.17) is 0 Å². The minimum Gasteiger partial charge on any atom is -0.289 e. The summed E-state index contributed by atoms with van der Waals surface area (Å²) < 4.78 is 52.4. The average molecular weight is 354 g/mol. The summed E-state index contributed by atoms with van der Waals surface area (Å²) in [6, 6.07) is 5.82. The molecule has 0 aliphatic carbocycles. The van der Waals surface area contributed by atoms with Gasteiger partial charge in [-0.15, -0.1) is 5.10 Å². The zero-order valence-electron chi connectivity index (χ0n) is 12.6. The average Bonchev–Trinajstić information content (AvgIpc) is 3.14. The number of anilines is 1. The number of benzene rings is 1. The highest BCUT2D eigenvalue weighted by Crippen LogP contribution is 2.26. The monoisotopic (exact) mass is 354 g/mol. The Bertz CT molecular complexity index is 930.